The molecular formula is C26H32FN7O2. The van der Waals surface area contributed by atoms with Crippen molar-refractivity contribution in [3.8, 4) is 11.1 Å². The van der Waals surface area contributed by atoms with E-state index in [4.69, 9.17) is 0 Å². The first-order valence-electron chi connectivity index (χ1n) is 12.6. The Morgan fingerprint density at radius 2 is 2.06 bits per heavy atom. The Bertz CT molecular complexity index is 1270. The van der Waals surface area contributed by atoms with Crippen molar-refractivity contribution in [3.05, 3.63) is 47.4 Å². The molecular weight excluding hydrogens is 461 g/mol. The molecule has 2 aliphatic rings. The van der Waals surface area contributed by atoms with Gasteiger partial charge in [-0.15, -0.1) is 0 Å². The second-order valence-electron chi connectivity index (χ2n) is 10.2. The summed E-state index contributed by atoms with van der Waals surface area (Å²) in [6.45, 7) is 6.06. The molecule has 0 unspecified atom stereocenters. The van der Waals surface area contributed by atoms with Crippen LogP contribution in [0.3, 0.4) is 0 Å². The van der Waals surface area contributed by atoms with E-state index in [1.807, 2.05) is 13.8 Å². The third-order valence-electron chi connectivity index (χ3n) is 7.72. The van der Waals surface area contributed by atoms with Gasteiger partial charge in [0.15, 0.2) is 0 Å². The molecule has 9 nitrogen and oxygen atoms in total. The second-order valence-corrected chi connectivity index (χ2v) is 10.2. The molecule has 0 radical (unpaired) electrons. The Morgan fingerprint density at radius 3 is 2.72 bits per heavy atom. The van der Waals surface area contributed by atoms with Crippen LogP contribution in [0.2, 0.25) is 0 Å². The Balaban J connectivity index is 1.38. The molecule has 1 spiro atoms. The molecule has 2 aliphatic carbocycles. The van der Waals surface area contributed by atoms with Crippen molar-refractivity contribution >= 4 is 17.6 Å². The summed E-state index contributed by atoms with van der Waals surface area (Å²) in [6, 6.07) is 4.07. The van der Waals surface area contributed by atoms with Crippen LogP contribution >= 0.6 is 0 Å². The predicted octanol–water partition coefficient (Wildman–Crippen LogP) is 4.15. The third kappa shape index (κ3) is 4.64. The number of aromatic nitrogens is 5. The molecule has 3 aromatic heterocycles. The van der Waals surface area contributed by atoms with E-state index in [1.165, 1.54) is 19.3 Å². The number of hydrogen-bond donors (Lipinski definition) is 3. The van der Waals surface area contributed by atoms with Gasteiger partial charge < -0.3 is 10.6 Å². The Kier molecular flexibility index (Phi) is 6.36. The maximum atomic E-state index is 15.0. The van der Waals surface area contributed by atoms with E-state index in [1.54, 1.807) is 36.0 Å². The van der Waals surface area contributed by atoms with Gasteiger partial charge in [0.2, 0.25) is 11.9 Å². The zero-order valence-electron chi connectivity index (χ0n) is 20.9. The Morgan fingerprint density at radius 1 is 1.25 bits per heavy atom. The highest BCUT2D eigenvalue weighted by Gasteiger charge is 2.48. The van der Waals surface area contributed by atoms with Gasteiger partial charge >= 0.3 is 0 Å². The summed E-state index contributed by atoms with van der Waals surface area (Å²) in [6.07, 6.45) is 7.89. The molecule has 0 bridgehead atoms. The molecule has 3 N–H and O–H groups in total. The van der Waals surface area contributed by atoms with Crippen molar-refractivity contribution in [2.45, 2.75) is 71.9 Å². The number of nitrogens with zero attached hydrogens (tertiary/aromatic N) is 4. The van der Waals surface area contributed by atoms with E-state index in [9.17, 15) is 14.0 Å². The lowest BCUT2D eigenvalue weighted by Gasteiger charge is -2.34. The summed E-state index contributed by atoms with van der Waals surface area (Å²) >= 11 is 0. The summed E-state index contributed by atoms with van der Waals surface area (Å²) in [7, 11) is 0. The molecule has 0 aliphatic heterocycles. The van der Waals surface area contributed by atoms with Gasteiger partial charge in [-0.1, -0.05) is 6.42 Å². The molecule has 0 aromatic carbocycles. The molecule has 3 aromatic rings. The maximum Gasteiger partial charge on any atom is 0.270 e. The van der Waals surface area contributed by atoms with Crippen LogP contribution in [0.15, 0.2) is 24.4 Å². The van der Waals surface area contributed by atoms with Crippen molar-refractivity contribution in [3.63, 3.8) is 0 Å². The minimum Gasteiger partial charge on any atom is -0.339 e. The maximum absolute atomic E-state index is 15.0. The van der Waals surface area contributed by atoms with Gasteiger partial charge in [-0.3, -0.25) is 19.4 Å². The molecule has 3 heterocycles. The average Bonchev–Trinajstić information content (AvgIpc) is 3.26. The van der Waals surface area contributed by atoms with Crippen LogP contribution in [-0.2, 0) is 11.3 Å². The molecule has 2 amide bonds. The summed E-state index contributed by atoms with van der Waals surface area (Å²) in [5.41, 5.74) is 3.11. The highest BCUT2D eigenvalue weighted by atomic mass is 19.1. The first-order chi connectivity index (χ1) is 17.3. The van der Waals surface area contributed by atoms with E-state index in [0.717, 1.165) is 25.0 Å². The first-order valence-corrected chi connectivity index (χ1v) is 12.6. The van der Waals surface area contributed by atoms with E-state index in [-0.39, 0.29) is 23.6 Å². The third-order valence-corrected chi connectivity index (χ3v) is 7.72. The topological polar surface area (TPSA) is 118 Å². The number of amides is 2. The molecule has 36 heavy (non-hydrogen) atoms. The zero-order chi connectivity index (χ0) is 25.4. The Hall–Kier alpha value is -3.56. The highest BCUT2D eigenvalue weighted by molar-refractivity contribution is 6.00. The lowest BCUT2D eigenvalue weighted by molar-refractivity contribution is -0.119. The number of carbonyl (C=O) groups excluding carboxylic acids is 2. The Labute approximate surface area is 209 Å². The summed E-state index contributed by atoms with van der Waals surface area (Å²) < 4.78 is 16.6. The van der Waals surface area contributed by atoms with E-state index >= 15 is 0 Å². The molecule has 10 heteroatoms. The minimum atomic E-state index is -0.751. The molecule has 5 rings (SSSR count). The molecule has 0 saturated heterocycles. The molecule has 2 saturated carbocycles. The van der Waals surface area contributed by atoms with E-state index in [0.29, 0.717) is 34.5 Å². The number of H-pyrrole nitrogens is 1. The highest BCUT2D eigenvalue weighted by Crippen LogP contribution is 2.58. The number of carbonyl (C=O) groups is 2. The van der Waals surface area contributed by atoms with Crippen molar-refractivity contribution in [1.82, 2.24) is 30.3 Å². The number of halogens is 1. The van der Waals surface area contributed by atoms with Crippen molar-refractivity contribution in [2.75, 3.05) is 5.32 Å². The summed E-state index contributed by atoms with van der Waals surface area (Å²) in [5.74, 6) is -1.31. The van der Waals surface area contributed by atoms with Gasteiger partial charge in [0.25, 0.3) is 5.91 Å². The SMILES string of the molecule is CCn1nccc1C(=O)N[C@H](C(=O)Nc1ccc(-c2c(C)n[nH]c2C)c(F)n1)[C@H]1CCCC2(CC2)C1. The monoisotopic (exact) mass is 493 g/mol. The van der Waals surface area contributed by atoms with Crippen LogP contribution in [0, 0.1) is 31.1 Å². The number of hydrogen-bond acceptors (Lipinski definition) is 5. The van der Waals surface area contributed by atoms with Gasteiger partial charge in [0.05, 0.1) is 5.69 Å². The number of aryl methyl sites for hydroxylation is 3. The second kappa shape index (κ2) is 9.48. The molecule has 2 atom stereocenters. The number of aromatic amines is 1. The van der Waals surface area contributed by atoms with Crippen LogP contribution in [-0.4, -0.2) is 42.8 Å². The smallest absolute Gasteiger partial charge is 0.270 e. The van der Waals surface area contributed by atoms with Crippen LogP contribution in [0.25, 0.3) is 11.1 Å². The molecule has 2 fully saturated rings. The predicted molar refractivity (Wildman–Crippen MR) is 133 cm³/mol. The van der Waals surface area contributed by atoms with E-state index in [2.05, 4.69) is 30.9 Å². The number of rotatable bonds is 7. The lowest BCUT2D eigenvalue weighted by atomic mass is 9.75. The van der Waals surface area contributed by atoms with Gasteiger partial charge in [-0.2, -0.15) is 14.6 Å². The number of anilines is 1. The minimum absolute atomic E-state index is 0.00328. The largest absolute Gasteiger partial charge is 0.339 e. The fourth-order valence-corrected chi connectivity index (χ4v) is 5.65. The fraction of sp³-hybridized carbons (Fsp3) is 0.500. The van der Waals surface area contributed by atoms with Crippen molar-refractivity contribution in [2.24, 2.45) is 11.3 Å². The van der Waals surface area contributed by atoms with Crippen LogP contribution < -0.4 is 10.6 Å². The van der Waals surface area contributed by atoms with Crippen molar-refractivity contribution in [1.29, 1.82) is 0 Å². The zero-order valence-corrected chi connectivity index (χ0v) is 20.9. The summed E-state index contributed by atoms with van der Waals surface area (Å²) in [4.78, 5) is 30.6. The quantitative estimate of drug-likeness (QED) is 0.428. The molecule has 190 valence electrons. The number of nitrogens with one attached hydrogen (secondary N) is 3. The van der Waals surface area contributed by atoms with Gasteiger partial charge in [0.1, 0.15) is 17.6 Å². The van der Waals surface area contributed by atoms with Crippen LogP contribution in [0.5, 0.6) is 0 Å². The summed E-state index contributed by atoms with van der Waals surface area (Å²) in [5, 5.41) is 16.9. The standard InChI is InChI=1S/C26H32FN7O2/c1-4-34-19(9-13-28-34)24(35)31-22(17-6-5-10-26(14-17)11-12-26)25(36)30-20-8-7-18(23(27)29-20)21-15(2)32-33-16(21)3/h7-9,13,17,22H,4-6,10-12,14H2,1-3H3,(H,31,35)(H,32,33)(H,29,30,36)/t17-,22-/m0/s1. The van der Waals surface area contributed by atoms with Crippen molar-refractivity contribution < 1.29 is 14.0 Å². The van der Waals surface area contributed by atoms with E-state index < -0.39 is 12.0 Å². The van der Waals surface area contributed by atoms with Gasteiger partial charge in [-0.25, -0.2) is 4.98 Å². The average molecular weight is 494 g/mol. The van der Waals surface area contributed by atoms with Gasteiger partial charge in [0, 0.05) is 29.6 Å². The normalized spacial score (nSPS) is 19.2. The van der Waals surface area contributed by atoms with Crippen LogP contribution in [0.4, 0.5) is 10.2 Å². The van der Waals surface area contributed by atoms with Crippen LogP contribution in [0.1, 0.15) is 67.3 Å². The first kappa shape index (κ1) is 24.1. The fourth-order valence-electron chi connectivity index (χ4n) is 5.65. The number of pyridine rings is 1. The van der Waals surface area contributed by atoms with Gasteiger partial charge in [-0.05, 0) is 82.4 Å². The lowest BCUT2D eigenvalue weighted by Crippen LogP contribution is -2.50.